The van der Waals surface area contributed by atoms with Crippen LogP contribution in [0.15, 0.2) is 35.4 Å². The fourth-order valence-electron chi connectivity index (χ4n) is 3.44. The highest BCUT2D eigenvalue weighted by Crippen LogP contribution is 2.23. The summed E-state index contributed by atoms with van der Waals surface area (Å²) in [5, 5.41) is 3.76. The Balaban J connectivity index is 1.77. The van der Waals surface area contributed by atoms with E-state index in [2.05, 4.69) is 10.2 Å². The second kappa shape index (κ2) is 8.65. The largest absolute Gasteiger partial charge is 0.379 e. The number of rotatable bonds is 5. The van der Waals surface area contributed by atoms with Gasteiger partial charge in [-0.2, -0.15) is 0 Å². The third kappa shape index (κ3) is 4.59. The van der Waals surface area contributed by atoms with E-state index in [0.29, 0.717) is 24.3 Å². The van der Waals surface area contributed by atoms with Gasteiger partial charge in [0.1, 0.15) is 6.04 Å². The van der Waals surface area contributed by atoms with Crippen LogP contribution in [0.2, 0.25) is 0 Å². The number of carbonyl (C=O) groups excluding carboxylic acids is 1. The van der Waals surface area contributed by atoms with E-state index in [1.807, 2.05) is 36.4 Å². The Kier molecular flexibility index (Phi) is 6.30. The predicted octanol–water partition coefficient (Wildman–Crippen LogP) is 3.03. The van der Waals surface area contributed by atoms with E-state index in [9.17, 15) is 4.79 Å². The minimum absolute atomic E-state index is 0.0148. The van der Waals surface area contributed by atoms with E-state index in [4.69, 9.17) is 16.3 Å². The Morgan fingerprint density at radius 1 is 1.21 bits per heavy atom. The molecule has 1 aromatic rings. The minimum Gasteiger partial charge on any atom is -0.379 e. The van der Waals surface area contributed by atoms with Gasteiger partial charge in [0.25, 0.3) is 0 Å². The number of amides is 1. The maximum atomic E-state index is 12.9. The summed E-state index contributed by atoms with van der Waals surface area (Å²) in [4.78, 5) is 15.0. The van der Waals surface area contributed by atoms with Crippen molar-refractivity contribution in [3.63, 3.8) is 0 Å². The molecule has 2 fully saturated rings. The Labute approximate surface area is 148 Å². The molecular weight excluding hydrogens is 324 g/mol. The van der Waals surface area contributed by atoms with Gasteiger partial charge in [-0.1, -0.05) is 54.8 Å². The van der Waals surface area contributed by atoms with Gasteiger partial charge in [-0.05, 0) is 24.5 Å². The van der Waals surface area contributed by atoms with Crippen LogP contribution in [0, 0.1) is 0 Å². The average molecular weight is 349 g/mol. The molecule has 1 N–H and O–H groups in total. The van der Waals surface area contributed by atoms with Crippen LogP contribution in [0.5, 0.6) is 0 Å². The summed E-state index contributed by atoms with van der Waals surface area (Å²) < 4.78 is 5.43. The fraction of sp³-hybridized carbons (Fsp3) is 0.526. The lowest BCUT2D eigenvalue weighted by Crippen LogP contribution is -2.52. The maximum absolute atomic E-state index is 12.9. The number of morpholine rings is 1. The molecule has 0 bridgehead atoms. The first-order valence-electron chi connectivity index (χ1n) is 8.78. The van der Waals surface area contributed by atoms with Gasteiger partial charge in [0.2, 0.25) is 5.91 Å². The molecule has 2 aliphatic rings. The first-order chi connectivity index (χ1) is 11.7. The topological polar surface area (TPSA) is 41.6 Å². The fourth-order valence-corrected chi connectivity index (χ4v) is 3.80. The van der Waals surface area contributed by atoms with Gasteiger partial charge in [0.15, 0.2) is 0 Å². The van der Waals surface area contributed by atoms with Crippen LogP contribution in [0.25, 0.3) is 6.08 Å². The summed E-state index contributed by atoms with van der Waals surface area (Å²) in [5.41, 5.74) is 1.01. The number of halogens is 1. The summed E-state index contributed by atoms with van der Waals surface area (Å²) in [7, 11) is 0. The third-order valence-corrected chi connectivity index (χ3v) is 5.04. The number of hydrogen-bond donors (Lipinski definition) is 1. The molecule has 3 rings (SSSR count). The second-order valence-electron chi connectivity index (χ2n) is 6.48. The predicted molar refractivity (Wildman–Crippen MR) is 96.9 cm³/mol. The quantitative estimate of drug-likeness (QED) is 0.889. The number of nitrogens with zero attached hydrogens (tertiary/aromatic N) is 1. The van der Waals surface area contributed by atoms with Crippen molar-refractivity contribution in [1.82, 2.24) is 10.2 Å². The lowest BCUT2D eigenvalue weighted by Gasteiger charge is -2.34. The molecule has 0 aromatic heterocycles. The van der Waals surface area contributed by atoms with Crippen LogP contribution < -0.4 is 5.32 Å². The van der Waals surface area contributed by atoms with Crippen LogP contribution in [0.4, 0.5) is 0 Å². The van der Waals surface area contributed by atoms with E-state index < -0.39 is 6.04 Å². The van der Waals surface area contributed by atoms with Crippen molar-refractivity contribution in [3.8, 4) is 0 Å². The van der Waals surface area contributed by atoms with Crippen molar-refractivity contribution in [2.75, 3.05) is 26.3 Å². The Bertz CT molecular complexity index is 564. The Hall–Kier alpha value is -1.36. The molecular formula is C19H25ClN2O2. The molecule has 1 aliphatic carbocycles. The van der Waals surface area contributed by atoms with Gasteiger partial charge in [0.05, 0.1) is 13.2 Å². The molecule has 5 heteroatoms. The first-order valence-corrected chi connectivity index (χ1v) is 9.16. The van der Waals surface area contributed by atoms with Crippen molar-refractivity contribution in [1.29, 1.82) is 0 Å². The Morgan fingerprint density at radius 2 is 1.88 bits per heavy atom. The summed E-state index contributed by atoms with van der Waals surface area (Å²) in [6.07, 6.45) is 6.43. The Morgan fingerprint density at radius 3 is 2.54 bits per heavy atom. The van der Waals surface area contributed by atoms with Gasteiger partial charge in [0, 0.05) is 24.2 Å². The highest BCUT2D eigenvalue weighted by molar-refractivity contribution is 6.34. The van der Waals surface area contributed by atoms with Crippen molar-refractivity contribution in [2.45, 2.75) is 37.8 Å². The molecule has 1 unspecified atom stereocenters. The molecule has 0 spiro atoms. The number of carbonyl (C=O) groups is 1. The number of hydrogen-bond acceptors (Lipinski definition) is 3. The van der Waals surface area contributed by atoms with Gasteiger partial charge in [-0.25, -0.2) is 0 Å². The molecule has 1 aliphatic heterocycles. The van der Waals surface area contributed by atoms with Crippen molar-refractivity contribution in [2.24, 2.45) is 0 Å². The van der Waals surface area contributed by atoms with E-state index in [0.717, 1.165) is 31.5 Å². The smallest absolute Gasteiger partial charge is 0.243 e. The average Bonchev–Trinajstić information content (AvgIpc) is 3.10. The summed E-state index contributed by atoms with van der Waals surface area (Å²) in [5.74, 6) is 0.0148. The van der Waals surface area contributed by atoms with Crippen LogP contribution in [-0.2, 0) is 9.53 Å². The zero-order chi connectivity index (χ0) is 16.8. The van der Waals surface area contributed by atoms with Crippen LogP contribution in [0.1, 0.15) is 31.2 Å². The zero-order valence-corrected chi connectivity index (χ0v) is 14.7. The van der Waals surface area contributed by atoms with Gasteiger partial charge in [-0.15, -0.1) is 0 Å². The number of benzene rings is 1. The number of nitrogens with one attached hydrogen (secondary N) is 1. The van der Waals surface area contributed by atoms with Crippen LogP contribution in [0.3, 0.4) is 0 Å². The monoisotopic (exact) mass is 348 g/mol. The number of ether oxygens (including phenoxy) is 1. The molecule has 1 saturated carbocycles. The molecule has 4 nitrogen and oxygen atoms in total. The standard InChI is InChI=1S/C19H25ClN2O2/c20-17(14-15-6-2-1-3-7-15)18(22-10-12-24-13-11-22)19(23)21-16-8-4-5-9-16/h1-3,6-7,14,16,18H,4-5,8-13H2,(H,21,23). The third-order valence-electron chi connectivity index (χ3n) is 4.73. The molecule has 0 radical (unpaired) electrons. The summed E-state index contributed by atoms with van der Waals surface area (Å²) in [6, 6.07) is 9.76. The van der Waals surface area contributed by atoms with Crippen LogP contribution >= 0.6 is 11.6 Å². The minimum atomic E-state index is -0.434. The molecule has 1 saturated heterocycles. The van der Waals surface area contributed by atoms with E-state index in [1.54, 1.807) is 0 Å². The molecule has 1 aromatic carbocycles. The lowest BCUT2D eigenvalue weighted by molar-refractivity contribution is -0.127. The molecule has 130 valence electrons. The lowest BCUT2D eigenvalue weighted by atomic mass is 10.1. The maximum Gasteiger partial charge on any atom is 0.243 e. The van der Waals surface area contributed by atoms with Crippen LogP contribution in [-0.4, -0.2) is 49.2 Å². The highest BCUT2D eigenvalue weighted by Gasteiger charge is 2.31. The van der Waals surface area contributed by atoms with E-state index in [1.165, 1.54) is 12.8 Å². The highest BCUT2D eigenvalue weighted by atomic mass is 35.5. The zero-order valence-electron chi connectivity index (χ0n) is 13.9. The van der Waals surface area contributed by atoms with Gasteiger partial charge < -0.3 is 10.1 Å². The SMILES string of the molecule is O=C(NC1CCCC1)C(C(Cl)=Cc1ccccc1)N1CCOCC1. The summed E-state index contributed by atoms with van der Waals surface area (Å²) >= 11 is 6.61. The second-order valence-corrected chi connectivity index (χ2v) is 6.92. The van der Waals surface area contributed by atoms with Crippen molar-refractivity contribution in [3.05, 3.63) is 40.9 Å². The van der Waals surface area contributed by atoms with Crippen molar-refractivity contribution < 1.29 is 9.53 Å². The van der Waals surface area contributed by atoms with Gasteiger partial charge in [-0.3, -0.25) is 9.69 Å². The molecule has 1 amide bonds. The van der Waals surface area contributed by atoms with Crippen molar-refractivity contribution >= 4 is 23.6 Å². The normalized spacial score (nSPS) is 21.6. The first kappa shape index (κ1) is 17.5. The molecule has 1 atom stereocenters. The summed E-state index contributed by atoms with van der Waals surface area (Å²) in [6.45, 7) is 2.73. The van der Waals surface area contributed by atoms with Gasteiger partial charge >= 0.3 is 0 Å². The molecule has 24 heavy (non-hydrogen) atoms. The molecule has 1 heterocycles. The van der Waals surface area contributed by atoms with E-state index >= 15 is 0 Å². The van der Waals surface area contributed by atoms with E-state index in [-0.39, 0.29) is 5.91 Å².